The van der Waals surface area contributed by atoms with E-state index in [4.69, 9.17) is 29.4 Å². The minimum Gasteiger partial charge on any atom is -0.324 e. The molecule has 13 heteroatoms. The summed E-state index contributed by atoms with van der Waals surface area (Å²) in [5, 5.41) is 0. The fourth-order valence-electron chi connectivity index (χ4n) is 1.15. The summed E-state index contributed by atoms with van der Waals surface area (Å²) >= 11 is 0. The van der Waals surface area contributed by atoms with E-state index in [0.29, 0.717) is 0 Å². The van der Waals surface area contributed by atoms with Crippen molar-refractivity contribution in [3.8, 4) is 0 Å². The first-order valence-corrected chi connectivity index (χ1v) is 10.5. The fraction of sp³-hybridized carbons (Fsp3) is 1.00. The molecule has 0 aliphatic rings. The summed E-state index contributed by atoms with van der Waals surface area (Å²) in [4.78, 5) is 53.4. The van der Waals surface area contributed by atoms with Crippen LogP contribution in [0.5, 0.6) is 0 Å². The molecule has 0 rings (SSSR count). The Hall–Kier alpha value is 0.410. The molecule has 0 aromatic carbocycles. The van der Waals surface area contributed by atoms with Gasteiger partial charge in [0.25, 0.3) is 0 Å². The molecule has 0 aliphatic carbocycles. The summed E-state index contributed by atoms with van der Waals surface area (Å²) in [6, 6.07) is 0. The number of hydrogen-bond donors (Lipinski definition) is 6. The molecule has 0 atom stereocenters. The van der Waals surface area contributed by atoms with Crippen molar-refractivity contribution in [3.05, 3.63) is 0 Å². The molecule has 10 nitrogen and oxygen atoms in total. The molecule has 19 heavy (non-hydrogen) atoms. The molecule has 0 spiro atoms. The summed E-state index contributed by atoms with van der Waals surface area (Å²) in [7, 11) is -12.8. The average Bonchev–Trinajstić information content (AvgIpc) is 2.11. The first-order valence-electron chi connectivity index (χ1n) is 5.15. The zero-order valence-corrected chi connectivity index (χ0v) is 12.6. The van der Waals surface area contributed by atoms with E-state index in [1.54, 1.807) is 0 Å². The minimum atomic E-state index is -4.28. The quantitative estimate of drug-likeness (QED) is 0.280. The maximum absolute atomic E-state index is 10.7. The summed E-state index contributed by atoms with van der Waals surface area (Å²) in [6.45, 7) is -0.612. The van der Waals surface area contributed by atoms with Gasteiger partial charge >= 0.3 is 22.8 Å². The van der Waals surface area contributed by atoms with Crippen LogP contribution in [-0.2, 0) is 13.7 Å². The van der Waals surface area contributed by atoms with Gasteiger partial charge in [0, 0.05) is 19.6 Å². The topological polar surface area (TPSA) is 176 Å². The van der Waals surface area contributed by atoms with Gasteiger partial charge in [-0.2, -0.15) is 0 Å². The van der Waals surface area contributed by atoms with E-state index in [2.05, 4.69) is 0 Å². The fourth-order valence-corrected chi connectivity index (χ4v) is 2.78. The van der Waals surface area contributed by atoms with Crippen LogP contribution in [0, 0.1) is 0 Å². The van der Waals surface area contributed by atoms with Crippen LogP contribution in [0.15, 0.2) is 0 Å². The zero-order chi connectivity index (χ0) is 15.3. The highest BCUT2D eigenvalue weighted by Gasteiger charge is 2.22. The molecule has 0 heterocycles. The normalized spacial score (nSPS) is 14.1. The zero-order valence-electron chi connectivity index (χ0n) is 9.94. The van der Waals surface area contributed by atoms with Gasteiger partial charge in [-0.1, -0.05) is 0 Å². The Balaban J connectivity index is 4.42. The molecule has 0 fully saturated rings. The standard InChI is InChI=1S/C6H18NO9P3/c8-17(9,10)4-1-7(2-5-18(11,12)13)3-6-19(14,15)16/h1-6H2,(H2,8,9,10)(H2,11,12,13)(H2,14,15,16). The van der Waals surface area contributed by atoms with Crippen molar-refractivity contribution >= 4 is 22.8 Å². The van der Waals surface area contributed by atoms with Gasteiger partial charge in [0.05, 0.1) is 18.5 Å². The Morgan fingerprint density at radius 3 is 0.947 bits per heavy atom. The van der Waals surface area contributed by atoms with Crippen LogP contribution in [0.2, 0.25) is 0 Å². The van der Waals surface area contributed by atoms with Gasteiger partial charge in [-0.15, -0.1) is 0 Å². The number of nitrogens with zero attached hydrogens (tertiary/aromatic N) is 1. The predicted octanol–water partition coefficient (Wildman–Crippen LogP) is -1.18. The first-order chi connectivity index (χ1) is 8.29. The van der Waals surface area contributed by atoms with Crippen LogP contribution in [-0.4, -0.2) is 72.4 Å². The minimum absolute atomic E-state index is 0.204. The third-order valence-electron chi connectivity index (χ3n) is 2.12. The van der Waals surface area contributed by atoms with E-state index in [1.165, 1.54) is 4.90 Å². The lowest BCUT2D eigenvalue weighted by atomic mass is 10.5. The molecule has 6 N–H and O–H groups in total. The highest BCUT2D eigenvalue weighted by atomic mass is 31.2. The maximum atomic E-state index is 10.7. The monoisotopic (exact) mass is 341 g/mol. The van der Waals surface area contributed by atoms with E-state index >= 15 is 0 Å². The van der Waals surface area contributed by atoms with Crippen LogP contribution < -0.4 is 0 Å². The van der Waals surface area contributed by atoms with Gasteiger partial charge in [0.1, 0.15) is 0 Å². The van der Waals surface area contributed by atoms with E-state index in [-0.39, 0.29) is 19.6 Å². The summed E-state index contributed by atoms with van der Waals surface area (Å²) < 4.78 is 32.1. The maximum Gasteiger partial charge on any atom is 0.326 e. The SMILES string of the molecule is O=P(O)(O)CCN(CCP(=O)(O)O)CCP(=O)(O)O. The van der Waals surface area contributed by atoms with E-state index in [0.717, 1.165) is 0 Å². The van der Waals surface area contributed by atoms with Crippen molar-refractivity contribution in [3.63, 3.8) is 0 Å². The van der Waals surface area contributed by atoms with Gasteiger partial charge in [-0.3, -0.25) is 13.7 Å². The third-order valence-corrected chi connectivity index (χ3v) is 4.47. The number of hydrogen-bond acceptors (Lipinski definition) is 4. The van der Waals surface area contributed by atoms with Gasteiger partial charge in [-0.05, 0) is 0 Å². The largest absolute Gasteiger partial charge is 0.326 e. The van der Waals surface area contributed by atoms with Crippen molar-refractivity contribution < 1.29 is 43.1 Å². The van der Waals surface area contributed by atoms with Gasteiger partial charge < -0.3 is 34.3 Å². The predicted molar refractivity (Wildman–Crippen MR) is 67.2 cm³/mol. The molecule has 116 valence electrons. The Morgan fingerprint density at radius 2 is 0.789 bits per heavy atom. The molecule has 0 amide bonds. The van der Waals surface area contributed by atoms with Crippen molar-refractivity contribution in [1.29, 1.82) is 0 Å². The van der Waals surface area contributed by atoms with Crippen LogP contribution in [0.25, 0.3) is 0 Å². The Bertz CT molecular complexity index is 346. The molecule has 0 unspecified atom stereocenters. The Kier molecular flexibility index (Phi) is 7.59. The lowest BCUT2D eigenvalue weighted by molar-refractivity contribution is 0.289. The molecule has 0 saturated carbocycles. The van der Waals surface area contributed by atoms with E-state index in [1.807, 2.05) is 0 Å². The molecule has 0 bridgehead atoms. The lowest BCUT2D eigenvalue weighted by Crippen LogP contribution is -2.32. The second kappa shape index (κ2) is 7.43. The molecular weight excluding hydrogens is 323 g/mol. The van der Waals surface area contributed by atoms with E-state index in [9.17, 15) is 13.7 Å². The Labute approximate surface area is 109 Å². The van der Waals surface area contributed by atoms with E-state index < -0.39 is 41.3 Å². The summed E-state index contributed by atoms with van der Waals surface area (Å²) in [6.07, 6.45) is -1.64. The molecular formula is C6H18NO9P3. The van der Waals surface area contributed by atoms with Crippen molar-refractivity contribution in [1.82, 2.24) is 4.90 Å². The Morgan fingerprint density at radius 1 is 0.579 bits per heavy atom. The average molecular weight is 341 g/mol. The second-order valence-corrected chi connectivity index (χ2v) is 9.34. The van der Waals surface area contributed by atoms with Gasteiger partial charge in [0.15, 0.2) is 0 Å². The van der Waals surface area contributed by atoms with Crippen molar-refractivity contribution in [2.45, 2.75) is 0 Å². The molecule has 0 aromatic rings. The first kappa shape index (κ1) is 19.4. The highest BCUT2D eigenvalue weighted by molar-refractivity contribution is 7.52. The van der Waals surface area contributed by atoms with Crippen LogP contribution in [0.3, 0.4) is 0 Å². The highest BCUT2D eigenvalue weighted by Crippen LogP contribution is 2.37. The van der Waals surface area contributed by atoms with Gasteiger partial charge in [-0.25, -0.2) is 0 Å². The molecule has 0 aliphatic heterocycles. The smallest absolute Gasteiger partial charge is 0.324 e. The molecule has 0 radical (unpaired) electrons. The molecule has 0 aromatic heterocycles. The van der Waals surface area contributed by atoms with Gasteiger partial charge in [0.2, 0.25) is 0 Å². The van der Waals surface area contributed by atoms with Crippen molar-refractivity contribution in [2.75, 3.05) is 38.1 Å². The van der Waals surface area contributed by atoms with Crippen molar-refractivity contribution in [2.24, 2.45) is 0 Å². The second-order valence-electron chi connectivity index (χ2n) is 4.01. The molecule has 0 saturated heterocycles. The van der Waals surface area contributed by atoms with Crippen LogP contribution in [0.4, 0.5) is 0 Å². The van der Waals surface area contributed by atoms with Crippen LogP contribution in [0.1, 0.15) is 0 Å². The summed E-state index contributed by atoms with van der Waals surface area (Å²) in [5.74, 6) is 0. The lowest BCUT2D eigenvalue weighted by Gasteiger charge is -2.22. The summed E-state index contributed by atoms with van der Waals surface area (Å²) in [5.41, 5.74) is 0. The number of rotatable bonds is 9. The third kappa shape index (κ3) is 14.6. The van der Waals surface area contributed by atoms with Crippen LogP contribution >= 0.6 is 22.8 Å².